The van der Waals surface area contributed by atoms with E-state index in [-0.39, 0.29) is 0 Å². The van der Waals surface area contributed by atoms with Gasteiger partial charge < -0.3 is 14.1 Å². The molecule has 0 bridgehead atoms. The molecule has 6 nitrogen and oxygen atoms in total. The van der Waals surface area contributed by atoms with Crippen LogP contribution in [-0.2, 0) is 13.3 Å². The molecule has 0 atom stereocenters. The fourth-order valence-electron chi connectivity index (χ4n) is 3.96. The molecule has 1 aliphatic rings. The van der Waals surface area contributed by atoms with Crippen LogP contribution in [0.4, 0.5) is 5.69 Å². The third-order valence-corrected chi connectivity index (χ3v) is 6.55. The second kappa shape index (κ2) is 10.4. The van der Waals surface area contributed by atoms with Crippen molar-refractivity contribution in [3.8, 4) is 17.2 Å². The SMILES string of the molecule is S=c1oc(-c2ccc(OCc3ccccc3Cl)cc2)nn1CN1CCN(c2ccccc2)CC1. The summed E-state index contributed by atoms with van der Waals surface area (Å²) in [5.41, 5.74) is 3.06. The lowest BCUT2D eigenvalue weighted by Gasteiger charge is -2.35. The Labute approximate surface area is 208 Å². The first-order chi connectivity index (χ1) is 16.7. The topological polar surface area (TPSA) is 46.7 Å². The van der Waals surface area contributed by atoms with Gasteiger partial charge in [-0.3, -0.25) is 4.90 Å². The minimum Gasteiger partial charge on any atom is -0.489 e. The van der Waals surface area contributed by atoms with Crippen LogP contribution in [0, 0.1) is 4.84 Å². The Morgan fingerprint density at radius 1 is 0.882 bits per heavy atom. The first kappa shape index (κ1) is 22.7. The fraction of sp³-hybridized carbons (Fsp3) is 0.231. The van der Waals surface area contributed by atoms with E-state index in [0.29, 0.717) is 29.0 Å². The molecule has 0 amide bonds. The van der Waals surface area contributed by atoms with Crippen molar-refractivity contribution in [2.75, 3.05) is 31.1 Å². The zero-order valence-corrected chi connectivity index (χ0v) is 20.2. The smallest absolute Gasteiger partial charge is 0.288 e. The van der Waals surface area contributed by atoms with Gasteiger partial charge in [-0.05, 0) is 54.7 Å². The minimum atomic E-state index is 0.375. The lowest BCUT2D eigenvalue weighted by atomic mass is 10.2. The Kier molecular flexibility index (Phi) is 6.94. The molecule has 3 aromatic carbocycles. The molecule has 1 aliphatic heterocycles. The Morgan fingerprint density at radius 3 is 2.32 bits per heavy atom. The number of anilines is 1. The van der Waals surface area contributed by atoms with Gasteiger partial charge in [-0.1, -0.05) is 48.0 Å². The quantitative estimate of drug-likeness (QED) is 0.300. The normalized spacial score (nSPS) is 14.3. The molecule has 5 rings (SSSR count). The lowest BCUT2D eigenvalue weighted by Crippen LogP contribution is -2.46. The van der Waals surface area contributed by atoms with E-state index < -0.39 is 0 Å². The van der Waals surface area contributed by atoms with E-state index in [0.717, 1.165) is 43.1 Å². The predicted octanol–water partition coefficient (Wildman–Crippen LogP) is 5.88. The maximum absolute atomic E-state index is 6.20. The molecule has 1 saturated heterocycles. The van der Waals surface area contributed by atoms with Crippen molar-refractivity contribution in [1.29, 1.82) is 0 Å². The first-order valence-corrected chi connectivity index (χ1v) is 12.0. The Bertz CT molecular complexity index is 1280. The summed E-state index contributed by atoms with van der Waals surface area (Å²) in [7, 11) is 0. The van der Waals surface area contributed by atoms with Gasteiger partial charge in [0.2, 0.25) is 5.89 Å². The summed E-state index contributed by atoms with van der Waals surface area (Å²) in [6, 6.07) is 25.8. The molecular weight excluding hydrogens is 468 g/mol. The highest BCUT2D eigenvalue weighted by Gasteiger charge is 2.19. The number of benzene rings is 3. The minimum absolute atomic E-state index is 0.375. The van der Waals surface area contributed by atoms with Crippen LogP contribution >= 0.6 is 23.8 Å². The van der Waals surface area contributed by atoms with Crippen molar-refractivity contribution in [2.45, 2.75) is 13.3 Å². The number of rotatable bonds is 7. The van der Waals surface area contributed by atoms with Crippen LogP contribution < -0.4 is 9.64 Å². The second-order valence-corrected chi connectivity index (χ2v) is 8.92. The summed E-state index contributed by atoms with van der Waals surface area (Å²) >= 11 is 11.6. The Balaban J connectivity index is 1.18. The Morgan fingerprint density at radius 2 is 1.59 bits per heavy atom. The van der Waals surface area contributed by atoms with E-state index in [1.807, 2.05) is 54.6 Å². The monoisotopic (exact) mass is 492 g/mol. The van der Waals surface area contributed by atoms with Gasteiger partial charge in [-0.25, -0.2) is 4.68 Å². The highest BCUT2D eigenvalue weighted by molar-refractivity contribution is 7.71. The van der Waals surface area contributed by atoms with Crippen molar-refractivity contribution in [2.24, 2.45) is 0 Å². The lowest BCUT2D eigenvalue weighted by molar-refractivity contribution is 0.192. The number of hydrogen-bond acceptors (Lipinski definition) is 6. The van der Waals surface area contributed by atoms with Gasteiger partial charge in [0.05, 0.1) is 6.67 Å². The number of ether oxygens (including phenoxy) is 1. The van der Waals surface area contributed by atoms with Gasteiger partial charge in [0.1, 0.15) is 12.4 Å². The zero-order chi connectivity index (χ0) is 23.3. The van der Waals surface area contributed by atoms with Crippen LogP contribution in [0.2, 0.25) is 5.02 Å². The van der Waals surface area contributed by atoms with Crippen molar-refractivity contribution in [3.63, 3.8) is 0 Å². The summed E-state index contributed by atoms with van der Waals surface area (Å²) in [5, 5.41) is 5.32. The van der Waals surface area contributed by atoms with Crippen molar-refractivity contribution < 1.29 is 9.15 Å². The molecule has 8 heteroatoms. The number of nitrogens with zero attached hydrogens (tertiary/aromatic N) is 4. The Hall–Kier alpha value is -3.13. The van der Waals surface area contributed by atoms with Crippen molar-refractivity contribution in [3.05, 3.63) is 94.3 Å². The molecule has 0 aliphatic carbocycles. The molecule has 0 unspecified atom stereocenters. The van der Waals surface area contributed by atoms with E-state index in [9.17, 15) is 0 Å². The molecule has 1 fully saturated rings. The second-order valence-electron chi connectivity index (χ2n) is 8.16. The highest BCUT2D eigenvalue weighted by Crippen LogP contribution is 2.24. The number of halogens is 1. The van der Waals surface area contributed by atoms with Crippen LogP contribution in [0.3, 0.4) is 0 Å². The molecule has 0 saturated carbocycles. The van der Waals surface area contributed by atoms with E-state index in [4.69, 9.17) is 33.0 Å². The standard InChI is InChI=1S/C26H25ClN4O2S/c27-24-9-5-4-6-21(24)18-32-23-12-10-20(11-13-23)25-28-31(26(34)33-25)19-29-14-16-30(17-15-29)22-7-2-1-3-8-22/h1-13H,14-19H2. The summed E-state index contributed by atoms with van der Waals surface area (Å²) in [6.45, 7) is 4.85. The third-order valence-electron chi connectivity index (χ3n) is 5.89. The molecule has 1 aromatic heterocycles. The first-order valence-electron chi connectivity index (χ1n) is 11.2. The summed E-state index contributed by atoms with van der Waals surface area (Å²) in [6.07, 6.45) is 0. The van der Waals surface area contributed by atoms with Gasteiger partial charge in [-0.15, -0.1) is 5.10 Å². The maximum atomic E-state index is 6.20. The summed E-state index contributed by atoms with van der Waals surface area (Å²) < 4.78 is 13.4. The fourth-order valence-corrected chi connectivity index (χ4v) is 4.33. The van der Waals surface area contributed by atoms with Gasteiger partial charge >= 0.3 is 0 Å². The highest BCUT2D eigenvalue weighted by atomic mass is 35.5. The molecule has 2 heterocycles. The average Bonchev–Trinajstić information content (AvgIpc) is 3.25. The molecule has 0 N–H and O–H groups in total. The van der Waals surface area contributed by atoms with Crippen LogP contribution in [-0.4, -0.2) is 40.9 Å². The van der Waals surface area contributed by atoms with Crippen molar-refractivity contribution in [1.82, 2.24) is 14.7 Å². The van der Waals surface area contributed by atoms with Gasteiger partial charge in [0.25, 0.3) is 4.84 Å². The van der Waals surface area contributed by atoms with E-state index in [2.05, 4.69) is 39.2 Å². The number of aromatic nitrogens is 2. The van der Waals surface area contributed by atoms with E-state index in [1.54, 1.807) is 4.68 Å². The van der Waals surface area contributed by atoms with Gasteiger partial charge in [0, 0.05) is 48.0 Å². The van der Waals surface area contributed by atoms with Crippen LogP contribution in [0.25, 0.3) is 11.5 Å². The molecule has 0 radical (unpaired) electrons. The molecule has 0 spiro atoms. The third kappa shape index (κ3) is 5.33. The molecule has 34 heavy (non-hydrogen) atoms. The number of hydrogen-bond donors (Lipinski definition) is 0. The van der Waals surface area contributed by atoms with Crippen molar-refractivity contribution >= 4 is 29.5 Å². The largest absolute Gasteiger partial charge is 0.489 e. The predicted molar refractivity (Wildman–Crippen MR) is 137 cm³/mol. The maximum Gasteiger partial charge on any atom is 0.288 e. The van der Waals surface area contributed by atoms with E-state index >= 15 is 0 Å². The summed E-state index contributed by atoms with van der Waals surface area (Å²) in [5.74, 6) is 1.25. The van der Waals surface area contributed by atoms with Crippen LogP contribution in [0.5, 0.6) is 5.75 Å². The number of para-hydroxylation sites is 1. The zero-order valence-electron chi connectivity index (χ0n) is 18.6. The summed E-state index contributed by atoms with van der Waals surface area (Å²) in [4.78, 5) is 5.12. The average molecular weight is 493 g/mol. The number of piperazine rings is 1. The van der Waals surface area contributed by atoms with E-state index in [1.165, 1.54) is 5.69 Å². The van der Waals surface area contributed by atoms with Crippen LogP contribution in [0.1, 0.15) is 5.56 Å². The molecular formula is C26H25ClN4O2S. The molecule has 174 valence electrons. The van der Waals surface area contributed by atoms with Gasteiger partial charge in [-0.2, -0.15) is 0 Å². The van der Waals surface area contributed by atoms with Crippen LogP contribution in [0.15, 0.2) is 83.3 Å². The molecule has 4 aromatic rings. The van der Waals surface area contributed by atoms with Gasteiger partial charge in [0.15, 0.2) is 0 Å².